The topological polar surface area (TPSA) is 94.3 Å². The van der Waals surface area contributed by atoms with Gasteiger partial charge in [-0.1, -0.05) is 35.0 Å². The van der Waals surface area contributed by atoms with Crippen molar-refractivity contribution in [3.05, 3.63) is 65.0 Å². The van der Waals surface area contributed by atoms with Gasteiger partial charge in [0.15, 0.2) is 0 Å². The first kappa shape index (κ1) is 19.3. The molecule has 0 fully saturated rings. The summed E-state index contributed by atoms with van der Waals surface area (Å²) in [5.41, 5.74) is 3.87. The molecule has 0 atom stereocenters. The van der Waals surface area contributed by atoms with Crippen molar-refractivity contribution in [2.45, 2.75) is 26.7 Å². The van der Waals surface area contributed by atoms with Crippen LogP contribution in [0.5, 0.6) is 0 Å². The monoisotopic (exact) mass is 379 g/mol. The van der Waals surface area contributed by atoms with Crippen LogP contribution >= 0.6 is 0 Å². The Morgan fingerprint density at radius 1 is 1.11 bits per heavy atom. The van der Waals surface area contributed by atoms with Crippen LogP contribution in [0.4, 0.5) is 5.69 Å². The lowest BCUT2D eigenvalue weighted by Gasteiger charge is -2.09. The Morgan fingerprint density at radius 3 is 2.54 bits per heavy atom. The van der Waals surface area contributed by atoms with Crippen molar-refractivity contribution >= 4 is 17.6 Å². The fraction of sp³-hybridized carbons (Fsp3) is 0.238. The molecule has 1 heterocycles. The minimum absolute atomic E-state index is 0.177. The van der Waals surface area contributed by atoms with Crippen molar-refractivity contribution in [2.24, 2.45) is 0 Å². The van der Waals surface area contributed by atoms with Crippen LogP contribution in [0, 0.1) is 13.8 Å². The highest BCUT2D eigenvalue weighted by atomic mass is 16.5. The summed E-state index contributed by atoms with van der Waals surface area (Å²) in [6.07, 6.45) is 0.539. The summed E-state index contributed by atoms with van der Waals surface area (Å²) >= 11 is 0. The normalized spacial score (nSPS) is 10.5. The van der Waals surface area contributed by atoms with E-state index >= 15 is 0 Å². The summed E-state index contributed by atoms with van der Waals surface area (Å²) in [6, 6.07) is 12.8. The van der Waals surface area contributed by atoms with Gasteiger partial charge in [-0.15, -0.1) is 0 Å². The highest BCUT2D eigenvalue weighted by Gasteiger charge is 2.13. The van der Waals surface area contributed by atoms with E-state index in [9.17, 15) is 9.59 Å². The number of hydrogen-bond acceptors (Lipinski definition) is 6. The molecule has 7 nitrogen and oxygen atoms in total. The molecule has 1 amide bonds. The number of hydrogen-bond donors (Lipinski definition) is 1. The predicted octanol–water partition coefficient (Wildman–Crippen LogP) is 3.71. The Labute approximate surface area is 162 Å². The minimum Gasteiger partial charge on any atom is -0.465 e. The first-order valence-corrected chi connectivity index (χ1v) is 8.84. The lowest BCUT2D eigenvalue weighted by atomic mass is 10.1. The van der Waals surface area contributed by atoms with E-state index in [4.69, 9.17) is 4.52 Å². The maximum Gasteiger partial charge on any atom is 0.337 e. The Hall–Kier alpha value is -3.48. The zero-order valence-corrected chi connectivity index (χ0v) is 16.0. The van der Waals surface area contributed by atoms with E-state index in [0.29, 0.717) is 29.4 Å². The molecule has 0 aliphatic heterocycles. The molecule has 144 valence electrons. The average Bonchev–Trinajstić information content (AvgIpc) is 3.17. The number of ether oxygens (including phenoxy) is 1. The third-order valence-electron chi connectivity index (χ3n) is 4.27. The number of nitrogens with one attached hydrogen (secondary N) is 1. The van der Waals surface area contributed by atoms with E-state index in [1.165, 1.54) is 7.11 Å². The Kier molecular flexibility index (Phi) is 5.84. The van der Waals surface area contributed by atoms with Crippen molar-refractivity contribution in [1.29, 1.82) is 0 Å². The molecule has 0 saturated carbocycles. The van der Waals surface area contributed by atoms with Gasteiger partial charge in [0.2, 0.25) is 17.6 Å². The zero-order valence-electron chi connectivity index (χ0n) is 16.0. The van der Waals surface area contributed by atoms with E-state index in [1.807, 2.05) is 38.1 Å². The van der Waals surface area contributed by atoms with E-state index in [0.717, 1.165) is 16.7 Å². The summed E-state index contributed by atoms with van der Waals surface area (Å²) < 4.78 is 9.93. The van der Waals surface area contributed by atoms with Crippen LogP contribution in [0.3, 0.4) is 0 Å². The second-order valence-electron chi connectivity index (χ2n) is 6.45. The number of methoxy groups -OCH3 is 1. The van der Waals surface area contributed by atoms with Gasteiger partial charge in [-0.05, 0) is 37.6 Å². The Morgan fingerprint density at radius 2 is 1.86 bits per heavy atom. The molecular formula is C21H21N3O4. The number of nitrogens with zero attached hydrogens (tertiary/aromatic N) is 2. The number of anilines is 1. The van der Waals surface area contributed by atoms with Crippen LogP contribution in [-0.4, -0.2) is 29.1 Å². The Balaban J connectivity index is 1.57. The number of carbonyl (C=O) groups is 2. The van der Waals surface area contributed by atoms with Gasteiger partial charge >= 0.3 is 5.97 Å². The molecule has 0 saturated heterocycles. The first-order valence-electron chi connectivity index (χ1n) is 8.84. The SMILES string of the molecule is COC(=O)c1ccc(NC(=O)CCc2nc(-c3ccc(C)cc3)no2)c(C)c1. The third kappa shape index (κ3) is 4.62. The molecule has 2 aromatic carbocycles. The fourth-order valence-corrected chi connectivity index (χ4v) is 2.66. The summed E-state index contributed by atoms with van der Waals surface area (Å²) in [4.78, 5) is 28.1. The molecule has 7 heteroatoms. The minimum atomic E-state index is -0.415. The molecule has 0 bridgehead atoms. The van der Waals surface area contributed by atoms with Crippen molar-refractivity contribution in [1.82, 2.24) is 10.1 Å². The molecule has 0 spiro atoms. The summed E-state index contributed by atoms with van der Waals surface area (Å²) in [6.45, 7) is 3.82. The number of benzene rings is 2. The summed E-state index contributed by atoms with van der Waals surface area (Å²) in [5, 5.41) is 6.79. The van der Waals surface area contributed by atoms with Gasteiger partial charge in [0.05, 0.1) is 12.7 Å². The lowest BCUT2D eigenvalue weighted by molar-refractivity contribution is -0.116. The number of aryl methyl sites for hydroxylation is 3. The molecule has 3 aromatic rings. The summed E-state index contributed by atoms with van der Waals surface area (Å²) in [7, 11) is 1.33. The number of esters is 1. The molecular weight excluding hydrogens is 358 g/mol. The maximum absolute atomic E-state index is 12.2. The molecule has 1 N–H and O–H groups in total. The lowest BCUT2D eigenvalue weighted by Crippen LogP contribution is -2.13. The molecule has 1 aromatic heterocycles. The largest absolute Gasteiger partial charge is 0.465 e. The van der Waals surface area contributed by atoms with Crippen LogP contribution in [-0.2, 0) is 16.0 Å². The highest BCUT2D eigenvalue weighted by molar-refractivity contribution is 5.94. The van der Waals surface area contributed by atoms with E-state index < -0.39 is 5.97 Å². The highest BCUT2D eigenvalue weighted by Crippen LogP contribution is 2.19. The molecule has 3 rings (SSSR count). The molecule has 0 aliphatic carbocycles. The maximum atomic E-state index is 12.2. The molecule has 0 aliphatic rings. The van der Waals surface area contributed by atoms with Gasteiger partial charge in [0, 0.05) is 24.1 Å². The number of aromatic nitrogens is 2. The van der Waals surface area contributed by atoms with Gasteiger partial charge in [-0.2, -0.15) is 4.98 Å². The number of amides is 1. The van der Waals surface area contributed by atoms with Gasteiger partial charge in [0.25, 0.3) is 0 Å². The Bertz CT molecular complexity index is 993. The van der Waals surface area contributed by atoms with Crippen molar-refractivity contribution < 1.29 is 18.8 Å². The van der Waals surface area contributed by atoms with Gasteiger partial charge in [-0.25, -0.2) is 4.79 Å². The van der Waals surface area contributed by atoms with Crippen LogP contribution in [0.15, 0.2) is 47.0 Å². The van der Waals surface area contributed by atoms with E-state index in [2.05, 4.69) is 20.2 Å². The third-order valence-corrected chi connectivity index (χ3v) is 4.27. The van der Waals surface area contributed by atoms with Gasteiger partial charge < -0.3 is 14.6 Å². The predicted molar refractivity (Wildman–Crippen MR) is 104 cm³/mol. The first-order chi connectivity index (χ1) is 13.5. The zero-order chi connectivity index (χ0) is 20.1. The van der Waals surface area contributed by atoms with Crippen LogP contribution in [0.2, 0.25) is 0 Å². The average molecular weight is 379 g/mol. The fourth-order valence-electron chi connectivity index (χ4n) is 2.66. The van der Waals surface area contributed by atoms with Gasteiger partial charge in [-0.3, -0.25) is 4.79 Å². The van der Waals surface area contributed by atoms with Crippen LogP contribution in [0.1, 0.15) is 33.8 Å². The molecule has 28 heavy (non-hydrogen) atoms. The molecule has 0 radical (unpaired) electrons. The van der Waals surface area contributed by atoms with Crippen molar-refractivity contribution in [3.63, 3.8) is 0 Å². The number of carbonyl (C=O) groups excluding carboxylic acids is 2. The second kappa shape index (κ2) is 8.47. The van der Waals surface area contributed by atoms with E-state index in [-0.39, 0.29) is 12.3 Å². The summed E-state index contributed by atoms with van der Waals surface area (Å²) in [5.74, 6) is 0.318. The second-order valence-corrected chi connectivity index (χ2v) is 6.45. The number of rotatable bonds is 6. The van der Waals surface area contributed by atoms with E-state index in [1.54, 1.807) is 18.2 Å². The van der Waals surface area contributed by atoms with Crippen molar-refractivity contribution in [2.75, 3.05) is 12.4 Å². The van der Waals surface area contributed by atoms with Crippen LogP contribution in [0.25, 0.3) is 11.4 Å². The smallest absolute Gasteiger partial charge is 0.337 e. The van der Waals surface area contributed by atoms with Gasteiger partial charge in [0.1, 0.15) is 0 Å². The standard InChI is InChI=1S/C21H21N3O4/c1-13-4-6-15(7-5-13)20-23-19(28-24-20)11-10-18(25)22-17-9-8-16(12-14(17)2)21(26)27-3/h4-9,12H,10-11H2,1-3H3,(H,22,25). The van der Waals surface area contributed by atoms with Crippen LogP contribution < -0.4 is 5.32 Å². The molecule has 0 unspecified atom stereocenters. The van der Waals surface area contributed by atoms with Crippen molar-refractivity contribution in [3.8, 4) is 11.4 Å². The quantitative estimate of drug-likeness (QED) is 0.656.